The maximum Gasteiger partial charge on any atom is 0.163 e. The maximum atomic E-state index is 5.07. The molecule has 1 aliphatic heterocycles. The van der Waals surface area contributed by atoms with Gasteiger partial charge in [-0.2, -0.15) is 0 Å². The van der Waals surface area contributed by atoms with Crippen LogP contribution >= 0.6 is 11.3 Å². The minimum atomic E-state index is 0.824. The average molecular weight is 366 g/mol. The summed E-state index contributed by atoms with van der Waals surface area (Å²) in [5.41, 5.74) is 2.57. The van der Waals surface area contributed by atoms with Crippen LogP contribution in [0, 0.1) is 0 Å². The second-order valence-electron chi connectivity index (χ2n) is 7.09. The summed E-state index contributed by atoms with van der Waals surface area (Å²) in [4.78, 5) is 19.3. The molecule has 2 aliphatic rings. The standard InChI is InChI=1S/C20H23N5S/c1-2-4-15-16(5-3-1)26-20-17(15)19(25-12-10-22-11-13-25)23-18(24-20)14-6-8-21-9-7-14/h6-9,22H,1-5,10-13H2. The van der Waals surface area contributed by atoms with E-state index in [2.05, 4.69) is 15.2 Å². The summed E-state index contributed by atoms with van der Waals surface area (Å²) in [6.07, 6.45) is 9.92. The number of anilines is 1. The predicted molar refractivity (Wildman–Crippen MR) is 107 cm³/mol. The van der Waals surface area contributed by atoms with Crippen molar-refractivity contribution in [2.45, 2.75) is 32.1 Å². The number of thiophene rings is 1. The monoisotopic (exact) mass is 365 g/mol. The van der Waals surface area contributed by atoms with Crippen molar-refractivity contribution in [3.63, 3.8) is 0 Å². The maximum absolute atomic E-state index is 5.07. The van der Waals surface area contributed by atoms with Gasteiger partial charge in [0.1, 0.15) is 10.6 Å². The molecule has 5 nitrogen and oxygen atoms in total. The Morgan fingerprint density at radius 3 is 2.62 bits per heavy atom. The molecule has 1 saturated heterocycles. The molecule has 134 valence electrons. The molecule has 6 heteroatoms. The Balaban J connectivity index is 1.72. The zero-order chi connectivity index (χ0) is 17.3. The van der Waals surface area contributed by atoms with Crippen LogP contribution in [0.4, 0.5) is 5.82 Å². The van der Waals surface area contributed by atoms with Crippen LogP contribution in [0.3, 0.4) is 0 Å². The number of pyridine rings is 1. The number of nitrogens with zero attached hydrogens (tertiary/aromatic N) is 4. The lowest BCUT2D eigenvalue weighted by atomic mass is 10.1. The molecular formula is C20H23N5S. The van der Waals surface area contributed by atoms with E-state index in [1.165, 1.54) is 47.9 Å². The van der Waals surface area contributed by atoms with Crippen LogP contribution in [0.1, 0.15) is 29.7 Å². The molecule has 1 aliphatic carbocycles. The first-order valence-electron chi connectivity index (χ1n) is 9.58. The van der Waals surface area contributed by atoms with E-state index in [4.69, 9.17) is 9.97 Å². The predicted octanol–water partition coefficient (Wildman–Crippen LogP) is 3.43. The van der Waals surface area contributed by atoms with Gasteiger partial charge in [0.25, 0.3) is 0 Å². The van der Waals surface area contributed by atoms with Crippen LogP contribution in [0.5, 0.6) is 0 Å². The second kappa shape index (κ2) is 6.93. The van der Waals surface area contributed by atoms with Crippen LogP contribution in [0.25, 0.3) is 21.6 Å². The molecule has 5 rings (SSSR count). The van der Waals surface area contributed by atoms with E-state index in [1.54, 1.807) is 0 Å². The van der Waals surface area contributed by atoms with E-state index in [-0.39, 0.29) is 0 Å². The Morgan fingerprint density at radius 1 is 0.962 bits per heavy atom. The van der Waals surface area contributed by atoms with Crippen LogP contribution < -0.4 is 10.2 Å². The van der Waals surface area contributed by atoms with Crippen molar-refractivity contribution in [3.8, 4) is 11.4 Å². The third kappa shape index (κ3) is 2.87. The van der Waals surface area contributed by atoms with Crippen molar-refractivity contribution in [1.29, 1.82) is 0 Å². The van der Waals surface area contributed by atoms with E-state index in [0.29, 0.717) is 0 Å². The molecule has 1 N–H and O–H groups in total. The van der Waals surface area contributed by atoms with E-state index < -0.39 is 0 Å². The molecule has 3 aromatic heterocycles. The number of aryl methyl sites for hydroxylation is 2. The molecule has 0 spiro atoms. The fourth-order valence-electron chi connectivity index (χ4n) is 4.05. The molecule has 0 amide bonds. The van der Waals surface area contributed by atoms with E-state index in [1.807, 2.05) is 35.9 Å². The van der Waals surface area contributed by atoms with E-state index in [9.17, 15) is 0 Å². The molecule has 0 saturated carbocycles. The van der Waals surface area contributed by atoms with E-state index >= 15 is 0 Å². The summed E-state index contributed by atoms with van der Waals surface area (Å²) in [5, 5.41) is 4.78. The molecule has 0 unspecified atom stereocenters. The quantitative estimate of drug-likeness (QED) is 0.705. The first-order chi connectivity index (χ1) is 12.9. The number of aromatic nitrogens is 3. The normalized spacial score (nSPS) is 17.9. The van der Waals surface area contributed by atoms with Crippen LogP contribution in [0.2, 0.25) is 0 Å². The summed E-state index contributed by atoms with van der Waals surface area (Å²) in [6, 6.07) is 4.00. The minimum absolute atomic E-state index is 0.824. The minimum Gasteiger partial charge on any atom is -0.353 e. The molecule has 3 aromatic rings. The van der Waals surface area contributed by atoms with Crippen molar-refractivity contribution in [1.82, 2.24) is 20.3 Å². The zero-order valence-electron chi connectivity index (χ0n) is 14.9. The van der Waals surface area contributed by atoms with Crippen molar-refractivity contribution < 1.29 is 0 Å². The largest absolute Gasteiger partial charge is 0.353 e. The first-order valence-corrected chi connectivity index (χ1v) is 10.4. The molecular weight excluding hydrogens is 342 g/mol. The van der Waals surface area contributed by atoms with Gasteiger partial charge in [-0.15, -0.1) is 11.3 Å². The second-order valence-corrected chi connectivity index (χ2v) is 8.17. The molecule has 26 heavy (non-hydrogen) atoms. The Kier molecular flexibility index (Phi) is 4.30. The van der Waals surface area contributed by atoms with Gasteiger partial charge in [-0.3, -0.25) is 4.98 Å². The highest BCUT2D eigenvalue weighted by Crippen LogP contribution is 2.40. The van der Waals surface area contributed by atoms with Gasteiger partial charge in [0.2, 0.25) is 0 Å². The fourth-order valence-corrected chi connectivity index (χ4v) is 5.31. The van der Waals surface area contributed by atoms with Gasteiger partial charge in [0, 0.05) is 49.0 Å². The highest BCUT2D eigenvalue weighted by atomic mass is 32.1. The zero-order valence-corrected chi connectivity index (χ0v) is 15.7. The molecule has 0 radical (unpaired) electrons. The Bertz CT molecular complexity index is 915. The van der Waals surface area contributed by atoms with Gasteiger partial charge in [-0.25, -0.2) is 9.97 Å². The average Bonchev–Trinajstić information content (AvgIpc) is 2.89. The number of hydrogen-bond acceptors (Lipinski definition) is 6. The van der Waals surface area contributed by atoms with Gasteiger partial charge in [-0.1, -0.05) is 6.42 Å². The van der Waals surface area contributed by atoms with Gasteiger partial charge in [-0.05, 0) is 43.4 Å². The van der Waals surface area contributed by atoms with Gasteiger partial charge >= 0.3 is 0 Å². The van der Waals surface area contributed by atoms with Crippen molar-refractivity contribution in [3.05, 3.63) is 35.0 Å². The molecule has 0 aromatic carbocycles. The Labute approximate surface area is 157 Å². The summed E-state index contributed by atoms with van der Waals surface area (Å²) >= 11 is 1.89. The lowest BCUT2D eigenvalue weighted by Gasteiger charge is -2.29. The lowest BCUT2D eigenvalue weighted by Crippen LogP contribution is -2.44. The summed E-state index contributed by atoms with van der Waals surface area (Å²) in [7, 11) is 0. The summed E-state index contributed by atoms with van der Waals surface area (Å²) < 4.78 is 0. The van der Waals surface area contributed by atoms with Gasteiger partial charge in [0.15, 0.2) is 5.82 Å². The smallest absolute Gasteiger partial charge is 0.163 e. The highest BCUT2D eigenvalue weighted by Gasteiger charge is 2.24. The van der Waals surface area contributed by atoms with Gasteiger partial charge in [0.05, 0.1) is 5.39 Å². The SMILES string of the molecule is c1cc(-c2nc(N3CCNCC3)c3c4c(sc3n2)CCCCC4)ccn1. The Hall–Kier alpha value is -2.05. The topological polar surface area (TPSA) is 53.9 Å². The number of hydrogen-bond donors (Lipinski definition) is 1. The van der Waals surface area contributed by atoms with Crippen molar-refractivity contribution in [2.75, 3.05) is 31.1 Å². The summed E-state index contributed by atoms with van der Waals surface area (Å²) in [6.45, 7) is 4.05. The fraction of sp³-hybridized carbons (Fsp3) is 0.450. The summed E-state index contributed by atoms with van der Waals surface area (Å²) in [5.74, 6) is 1.97. The van der Waals surface area contributed by atoms with Crippen LogP contribution in [-0.2, 0) is 12.8 Å². The molecule has 0 bridgehead atoms. The van der Waals surface area contributed by atoms with Crippen LogP contribution in [-0.4, -0.2) is 41.1 Å². The van der Waals surface area contributed by atoms with E-state index in [0.717, 1.165) is 48.2 Å². The lowest BCUT2D eigenvalue weighted by molar-refractivity contribution is 0.586. The third-order valence-electron chi connectivity index (χ3n) is 5.40. The first kappa shape index (κ1) is 16.1. The number of piperazine rings is 1. The third-order valence-corrected chi connectivity index (χ3v) is 6.59. The molecule has 0 atom stereocenters. The number of fused-ring (bicyclic) bond motifs is 3. The van der Waals surface area contributed by atoms with Crippen molar-refractivity contribution in [2.24, 2.45) is 0 Å². The number of rotatable bonds is 2. The highest BCUT2D eigenvalue weighted by molar-refractivity contribution is 7.19. The molecule has 1 fully saturated rings. The Morgan fingerprint density at radius 2 is 1.77 bits per heavy atom. The van der Waals surface area contributed by atoms with Gasteiger partial charge < -0.3 is 10.2 Å². The number of nitrogens with one attached hydrogen (secondary N) is 1. The van der Waals surface area contributed by atoms with Crippen LogP contribution in [0.15, 0.2) is 24.5 Å². The molecule has 4 heterocycles. The van der Waals surface area contributed by atoms with Crippen molar-refractivity contribution >= 4 is 27.4 Å².